The molecule has 89 heavy (non-hydrogen) atoms. The average molecular weight is 1250 g/mol. The predicted molar refractivity (Wildman–Crippen MR) is 393 cm³/mol. The number of unbranched alkanes of at least 4 members (excludes halogenated alkanes) is 65. The van der Waals surface area contributed by atoms with Crippen molar-refractivity contribution in [2.75, 3.05) is 13.2 Å². The van der Waals surface area contributed by atoms with Crippen molar-refractivity contribution in [2.45, 2.75) is 482 Å². The van der Waals surface area contributed by atoms with Gasteiger partial charge in [0.2, 0.25) is 5.91 Å². The molecule has 0 aromatic carbocycles. The highest BCUT2D eigenvalue weighted by Gasteiger charge is 2.18. The molecule has 0 fully saturated rings. The van der Waals surface area contributed by atoms with E-state index in [-0.39, 0.29) is 18.5 Å². The number of carbonyl (C=O) groups excluding carboxylic acids is 2. The molecule has 1 amide bonds. The Balaban J connectivity index is 3.32. The lowest BCUT2D eigenvalue weighted by Crippen LogP contribution is -2.45. The van der Waals surface area contributed by atoms with Crippen LogP contribution >= 0.6 is 0 Å². The first-order valence-corrected chi connectivity index (χ1v) is 41.1. The fourth-order valence-corrected chi connectivity index (χ4v) is 13.2. The van der Waals surface area contributed by atoms with Gasteiger partial charge < -0.3 is 20.3 Å². The van der Waals surface area contributed by atoms with Gasteiger partial charge in [0.1, 0.15) is 0 Å². The molecular formula is C83H161NO5. The number of esters is 1. The highest BCUT2D eigenvalue weighted by atomic mass is 16.5. The third kappa shape index (κ3) is 75.3. The van der Waals surface area contributed by atoms with Crippen molar-refractivity contribution >= 4 is 11.9 Å². The fourth-order valence-electron chi connectivity index (χ4n) is 13.2. The predicted octanol–water partition coefficient (Wildman–Crippen LogP) is 27.2. The van der Waals surface area contributed by atoms with Crippen LogP contribution in [0.1, 0.15) is 470 Å². The lowest BCUT2D eigenvalue weighted by molar-refractivity contribution is -0.143. The second-order valence-corrected chi connectivity index (χ2v) is 28.5. The van der Waals surface area contributed by atoms with Gasteiger partial charge in [0.25, 0.3) is 0 Å². The van der Waals surface area contributed by atoms with Gasteiger partial charge in [-0.05, 0) is 57.8 Å². The number of ether oxygens (including phenoxy) is 1. The van der Waals surface area contributed by atoms with Crippen LogP contribution < -0.4 is 5.32 Å². The Morgan fingerprint density at radius 1 is 0.303 bits per heavy atom. The largest absolute Gasteiger partial charge is 0.466 e. The minimum Gasteiger partial charge on any atom is -0.466 e. The molecule has 3 N–H and O–H groups in total. The van der Waals surface area contributed by atoms with Crippen LogP contribution in [0.5, 0.6) is 0 Å². The summed E-state index contributed by atoms with van der Waals surface area (Å²) in [5.41, 5.74) is 0. The monoisotopic (exact) mass is 1250 g/mol. The van der Waals surface area contributed by atoms with E-state index in [9.17, 15) is 19.8 Å². The minimum absolute atomic E-state index is 0.0271. The third-order valence-electron chi connectivity index (χ3n) is 19.5. The lowest BCUT2D eigenvalue weighted by atomic mass is 10.0. The molecule has 0 saturated carbocycles. The summed E-state index contributed by atoms with van der Waals surface area (Å²) in [7, 11) is 0. The Hall–Kier alpha value is -1.66. The third-order valence-corrected chi connectivity index (χ3v) is 19.5. The van der Waals surface area contributed by atoms with E-state index in [1.165, 1.54) is 405 Å². The molecule has 0 saturated heterocycles. The normalized spacial score (nSPS) is 12.5. The first-order valence-electron chi connectivity index (χ1n) is 41.1. The zero-order valence-corrected chi connectivity index (χ0v) is 60.7. The average Bonchev–Trinajstić information content (AvgIpc) is 3.55. The van der Waals surface area contributed by atoms with E-state index < -0.39 is 12.1 Å². The topological polar surface area (TPSA) is 95.9 Å². The molecule has 0 radical (unpaired) electrons. The lowest BCUT2D eigenvalue weighted by Gasteiger charge is -2.20. The fraction of sp³-hybridized carbons (Fsp3) is 0.928. The molecule has 6 heteroatoms. The Morgan fingerprint density at radius 3 is 0.798 bits per heavy atom. The van der Waals surface area contributed by atoms with Crippen molar-refractivity contribution in [2.24, 2.45) is 0 Å². The van der Waals surface area contributed by atoms with Crippen molar-refractivity contribution in [1.29, 1.82) is 0 Å². The van der Waals surface area contributed by atoms with Crippen molar-refractivity contribution in [1.82, 2.24) is 5.32 Å². The number of aliphatic hydroxyl groups is 2. The van der Waals surface area contributed by atoms with Gasteiger partial charge in [0, 0.05) is 12.8 Å². The summed E-state index contributed by atoms with van der Waals surface area (Å²) in [4.78, 5) is 24.6. The van der Waals surface area contributed by atoms with E-state index in [0.29, 0.717) is 19.4 Å². The van der Waals surface area contributed by atoms with Gasteiger partial charge in [-0.15, -0.1) is 0 Å². The van der Waals surface area contributed by atoms with Crippen LogP contribution in [-0.4, -0.2) is 47.4 Å². The second kappa shape index (κ2) is 78.8. The van der Waals surface area contributed by atoms with Crippen LogP contribution in [-0.2, 0) is 14.3 Å². The molecule has 0 aromatic rings. The summed E-state index contributed by atoms with van der Waals surface area (Å²) < 4.78 is 5.52. The van der Waals surface area contributed by atoms with Crippen molar-refractivity contribution in [3.63, 3.8) is 0 Å². The molecule has 0 bridgehead atoms. The van der Waals surface area contributed by atoms with Gasteiger partial charge >= 0.3 is 5.97 Å². The van der Waals surface area contributed by atoms with Crippen LogP contribution in [0.15, 0.2) is 24.3 Å². The molecule has 0 heterocycles. The number of allylic oxidation sites excluding steroid dienone is 3. The zero-order chi connectivity index (χ0) is 64.2. The SMILES string of the molecule is CCCCCCCCCCCCCCCC/C=C/C(O)C(CO)NC(=O)CCCCCCCCCCCCCCCCCCC/C=C\CCCCCCCCCCCCCCCCCCOC(=O)CCCCCCCCCCCCCCCCCCCCC. The Labute approximate surface area is 558 Å². The molecule has 0 aliphatic carbocycles. The van der Waals surface area contributed by atoms with Gasteiger partial charge in [-0.1, -0.05) is 423 Å². The molecule has 528 valence electrons. The summed E-state index contributed by atoms with van der Waals surface area (Å²) in [5, 5.41) is 23.2. The second-order valence-electron chi connectivity index (χ2n) is 28.5. The van der Waals surface area contributed by atoms with Crippen molar-refractivity contribution in [3.05, 3.63) is 24.3 Å². The Kier molecular flexibility index (Phi) is 77.3. The molecule has 0 aliphatic rings. The first-order chi connectivity index (χ1) is 44.0. The van der Waals surface area contributed by atoms with Crippen molar-refractivity contribution < 1.29 is 24.5 Å². The molecule has 2 unspecified atom stereocenters. The summed E-state index contributed by atoms with van der Waals surface area (Å²) >= 11 is 0. The van der Waals surface area contributed by atoms with Crippen molar-refractivity contribution in [3.8, 4) is 0 Å². The van der Waals surface area contributed by atoms with E-state index >= 15 is 0 Å². The number of hydrogen-bond acceptors (Lipinski definition) is 5. The molecule has 0 aliphatic heterocycles. The van der Waals surface area contributed by atoms with Gasteiger partial charge in [-0.3, -0.25) is 9.59 Å². The molecule has 6 nitrogen and oxygen atoms in total. The van der Waals surface area contributed by atoms with Crippen LogP contribution in [0, 0.1) is 0 Å². The number of hydrogen-bond donors (Lipinski definition) is 3. The number of carbonyl (C=O) groups is 2. The Bertz CT molecular complexity index is 1400. The molecule has 2 atom stereocenters. The minimum atomic E-state index is -0.841. The van der Waals surface area contributed by atoms with Gasteiger partial charge in [0.15, 0.2) is 0 Å². The smallest absolute Gasteiger partial charge is 0.305 e. The standard InChI is InChI=1S/C83H161NO5/c1-3-5-7-9-11-13-15-17-19-21-41-45-49-53-57-61-65-69-73-77-83(88)89-78-74-70-66-62-58-54-50-46-43-40-38-36-34-32-30-28-26-24-22-23-25-27-29-31-33-35-37-39-42-44-48-52-56-60-64-68-72-76-82(87)84-80(79-85)81(86)75-71-67-63-59-55-51-47-20-18-16-14-12-10-8-6-4-2/h22,24,71,75,80-81,85-86H,3-21,23,25-70,72-74,76-79H2,1-2H3,(H,84,87)/b24-22-,75-71+. The maximum absolute atomic E-state index is 12.5. The maximum atomic E-state index is 12.5. The first kappa shape index (κ1) is 87.3. The number of rotatable bonds is 78. The molecule has 0 rings (SSSR count). The summed E-state index contributed by atoms with van der Waals surface area (Å²) in [6.45, 7) is 4.96. The number of amides is 1. The van der Waals surface area contributed by atoms with Crippen LogP contribution in [0.4, 0.5) is 0 Å². The highest BCUT2D eigenvalue weighted by Crippen LogP contribution is 2.20. The van der Waals surface area contributed by atoms with Crippen LogP contribution in [0.3, 0.4) is 0 Å². The van der Waals surface area contributed by atoms with E-state index in [1.807, 2.05) is 6.08 Å². The van der Waals surface area contributed by atoms with E-state index in [1.54, 1.807) is 6.08 Å². The summed E-state index contributed by atoms with van der Waals surface area (Å²) in [5.74, 6) is -0.0333. The summed E-state index contributed by atoms with van der Waals surface area (Å²) in [6, 6.07) is -0.625. The number of aliphatic hydroxyl groups excluding tert-OH is 2. The summed E-state index contributed by atoms with van der Waals surface area (Å²) in [6.07, 6.45) is 102. The quantitative estimate of drug-likeness (QED) is 0.0320. The van der Waals surface area contributed by atoms with Crippen LogP contribution in [0.2, 0.25) is 0 Å². The van der Waals surface area contributed by atoms with Gasteiger partial charge in [-0.25, -0.2) is 0 Å². The Morgan fingerprint density at radius 2 is 0.528 bits per heavy atom. The zero-order valence-electron chi connectivity index (χ0n) is 60.7. The van der Waals surface area contributed by atoms with Crippen LogP contribution in [0.25, 0.3) is 0 Å². The van der Waals surface area contributed by atoms with Gasteiger partial charge in [0.05, 0.1) is 25.4 Å². The van der Waals surface area contributed by atoms with E-state index in [2.05, 4.69) is 31.3 Å². The van der Waals surface area contributed by atoms with E-state index in [4.69, 9.17) is 4.74 Å². The highest BCUT2D eigenvalue weighted by molar-refractivity contribution is 5.76. The van der Waals surface area contributed by atoms with E-state index in [0.717, 1.165) is 38.5 Å². The molecule has 0 spiro atoms. The number of nitrogens with one attached hydrogen (secondary N) is 1. The molecular weight excluding hydrogens is 1090 g/mol. The molecule has 0 aromatic heterocycles. The maximum Gasteiger partial charge on any atom is 0.305 e. The van der Waals surface area contributed by atoms with Gasteiger partial charge in [-0.2, -0.15) is 0 Å².